The molecular weight excluding hydrogens is 298 g/mol. The van der Waals surface area contributed by atoms with Crippen LogP contribution in [-0.4, -0.2) is 28.3 Å². The summed E-state index contributed by atoms with van der Waals surface area (Å²) in [5.74, 6) is 1.31. The second kappa shape index (κ2) is 5.19. The average Bonchev–Trinajstić information content (AvgIpc) is 3.02. The van der Waals surface area contributed by atoms with E-state index in [1.807, 2.05) is 6.07 Å². The van der Waals surface area contributed by atoms with Crippen molar-refractivity contribution in [2.75, 3.05) is 12.5 Å². The number of benzene rings is 1. The van der Waals surface area contributed by atoms with Crippen molar-refractivity contribution in [1.82, 2.24) is 9.78 Å². The highest BCUT2D eigenvalue weighted by molar-refractivity contribution is 5.81. The van der Waals surface area contributed by atoms with E-state index in [1.54, 1.807) is 39.8 Å². The first-order valence-electron chi connectivity index (χ1n) is 7.25. The van der Waals surface area contributed by atoms with Gasteiger partial charge in [0.15, 0.2) is 11.5 Å². The Kier molecular flexibility index (Phi) is 3.43. The Balaban J connectivity index is 1.98. The van der Waals surface area contributed by atoms with Gasteiger partial charge in [-0.3, -0.25) is 0 Å². The molecule has 7 heteroatoms. The molecule has 0 bridgehead atoms. The third kappa shape index (κ3) is 2.81. The lowest BCUT2D eigenvalue weighted by molar-refractivity contribution is 0.0511. The van der Waals surface area contributed by atoms with Crippen LogP contribution in [0.2, 0.25) is 0 Å². The molecule has 2 aromatic rings. The van der Waals surface area contributed by atoms with E-state index in [0.29, 0.717) is 28.6 Å². The summed E-state index contributed by atoms with van der Waals surface area (Å²) >= 11 is 0. The minimum absolute atomic E-state index is 0.194. The SMILES string of the molecule is Cc1c(N)c(-c2ccc3c(c2)OCO3)nn1C(=O)OC(C)(C)C. The Labute approximate surface area is 133 Å². The number of hydrogen-bond donors (Lipinski definition) is 1. The van der Waals surface area contributed by atoms with Gasteiger partial charge in [0.25, 0.3) is 0 Å². The van der Waals surface area contributed by atoms with E-state index >= 15 is 0 Å². The lowest BCUT2D eigenvalue weighted by Crippen LogP contribution is -2.28. The Bertz CT molecular complexity index is 774. The van der Waals surface area contributed by atoms with Crippen LogP contribution in [0.1, 0.15) is 26.5 Å². The summed E-state index contributed by atoms with van der Waals surface area (Å²) in [6.45, 7) is 7.31. The van der Waals surface area contributed by atoms with Crippen LogP contribution < -0.4 is 15.2 Å². The van der Waals surface area contributed by atoms with Crippen LogP contribution in [0.15, 0.2) is 18.2 Å². The normalized spacial score (nSPS) is 13.2. The summed E-state index contributed by atoms with van der Waals surface area (Å²) in [4.78, 5) is 12.2. The molecule has 0 spiro atoms. The second-order valence-electron chi connectivity index (χ2n) is 6.31. The molecule has 0 radical (unpaired) electrons. The van der Waals surface area contributed by atoms with Crippen LogP contribution in [-0.2, 0) is 4.74 Å². The molecule has 0 saturated heterocycles. The minimum Gasteiger partial charge on any atom is -0.454 e. The number of hydrogen-bond acceptors (Lipinski definition) is 6. The largest absolute Gasteiger partial charge is 0.454 e. The van der Waals surface area contributed by atoms with Crippen molar-refractivity contribution in [3.63, 3.8) is 0 Å². The summed E-state index contributed by atoms with van der Waals surface area (Å²) in [5, 5.41) is 4.31. The molecule has 7 nitrogen and oxygen atoms in total. The molecule has 0 atom stereocenters. The van der Waals surface area contributed by atoms with Gasteiger partial charge >= 0.3 is 6.09 Å². The lowest BCUT2D eigenvalue weighted by atomic mass is 10.1. The molecule has 2 heterocycles. The van der Waals surface area contributed by atoms with Crippen molar-refractivity contribution in [2.24, 2.45) is 0 Å². The van der Waals surface area contributed by atoms with Crippen LogP contribution in [0.4, 0.5) is 10.5 Å². The van der Waals surface area contributed by atoms with Crippen LogP contribution in [0.25, 0.3) is 11.3 Å². The fourth-order valence-corrected chi connectivity index (χ4v) is 2.25. The van der Waals surface area contributed by atoms with Gasteiger partial charge in [-0.1, -0.05) is 0 Å². The number of anilines is 1. The highest BCUT2D eigenvalue weighted by Crippen LogP contribution is 2.37. The monoisotopic (exact) mass is 317 g/mol. The lowest BCUT2D eigenvalue weighted by Gasteiger charge is -2.19. The van der Waals surface area contributed by atoms with E-state index in [1.165, 1.54) is 4.68 Å². The number of carbonyl (C=O) groups is 1. The van der Waals surface area contributed by atoms with Crippen LogP contribution >= 0.6 is 0 Å². The van der Waals surface area contributed by atoms with Crippen molar-refractivity contribution in [1.29, 1.82) is 0 Å². The molecule has 23 heavy (non-hydrogen) atoms. The van der Waals surface area contributed by atoms with Crippen LogP contribution in [0.3, 0.4) is 0 Å². The van der Waals surface area contributed by atoms with Gasteiger partial charge in [0.1, 0.15) is 11.3 Å². The summed E-state index contributed by atoms with van der Waals surface area (Å²) in [6, 6.07) is 5.41. The van der Waals surface area contributed by atoms with Crippen LogP contribution in [0, 0.1) is 6.92 Å². The second-order valence-corrected chi connectivity index (χ2v) is 6.31. The highest BCUT2D eigenvalue weighted by atomic mass is 16.7. The molecule has 1 aliphatic rings. The molecule has 0 amide bonds. The van der Waals surface area contributed by atoms with Crippen molar-refractivity contribution in [3.05, 3.63) is 23.9 Å². The molecule has 0 unspecified atom stereocenters. The molecule has 0 saturated carbocycles. The van der Waals surface area contributed by atoms with Gasteiger partial charge in [-0.25, -0.2) is 4.79 Å². The minimum atomic E-state index is -0.608. The van der Waals surface area contributed by atoms with Gasteiger partial charge in [-0.2, -0.15) is 9.78 Å². The first-order valence-corrected chi connectivity index (χ1v) is 7.25. The Hall–Kier alpha value is -2.70. The van der Waals surface area contributed by atoms with E-state index in [9.17, 15) is 4.79 Å². The standard InChI is InChI=1S/C16H19N3O4/c1-9-13(17)14(18-19(9)15(20)23-16(2,3)4)10-5-6-11-12(7-10)22-8-21-11/h5-7H,8,17H2,1-4H3. The zero-order valence-electron chi connectivity index (χ0n) is 13.5. The van der Waals surface area contributed by atoms with E-state index in [2.05, 4.69) is 5.10 Å². The maximum Gasteiger partial charge on any atom is 0.435 e. The zero-order chi connectivity index (χ0) is 16.8. The number of nitrogens with zero attached hydrogens (tertiary/aromatic N) is 2. The topological polar surface area (TPSA) is 88.6 Å². The van der Waals surface area contributed by atoms with Gasteiger partial charge in [0, 0.05) is 5.56 Å². The fraction of sp³-hybridized carbons (Fsp3) is 0.375. The number of aromatic nitrogens is 2. The van der Waals surface area contributed by atoms with Crippen LogP contribution in [0.5, 0.6) is 11.5 Å². The first kappa shape index (κ1) is 15.2. The van der Waals surface area contributed by atoms with E-state index in [0.717, 1.165) is 5.56 Å². The summed E-state index contributed by atoms with van der Waals surface area (Å²) in [6.07, 6.45) is -0.561. The molecular formula is C16H19N3O4. The van der Waals surface area contributed by atoms with Gasteiger partial charge in [-0.15, -0.1) is 0 Å². The van der Waals surface area contributed by atoms with E-state index < -0.39 is 11.7 Å². The molecule has 1 aliphatic heterocycles. The summed E-state index contributed by atoms with van der Waals surface area (Å²) < 4.78 is 17.2. The van der Waals surface area contributed by atoms with Crippen molar-refractivity contribution in [2.45, 2.75) is 33.3 Å². The molecule has 1 aromatic carbocycles. The third-order valence-electron chi connectivity index (χ3n) is 3.38. The zero-order valence-corrected chi connectivity index (χ0v) is 13.5. The molecule has 3 rings (SSSR count). The third-order valence-corrected chi connectivity index (χ3v) is 3.38. The molecule has 0 aliphatic carbocycles. The Morgan fingerprint density at radius 3 is 2.70 bits per heavy atom. The maximum atomic E-state index is 12.2. The molecule has 0 fully saturated rings. The number of rotatable bonds is 1. The van der Waals surface area contributed by atoms with Gasteiger partial charge in [-0.05, 0) is 45.9 Å². The van der Waals surface area contributed by atoms with Crippen molar-refractivity contribution in [3.8, 4) is 22.8 Å². The molecule has 1 aromatic heterocycles. The predicted octanol–water partition coefficient (Wildman–Crippen LogP) is 2.95. The number of ether oxygens (including phenoxy) is 3. The van der Waals surface area contributed by atoms with Crippen molar-refractivity contribution < 1.29 is 19.0 Å². The summed E-state index contributed by atoms with van der Waals surface area (Å²) in [7, 11) is 0. The Morgan fingerprint density at radius 1 is 1.30 bits per heavy atom. The number of nitrogens with two attached hydrogens (primary N) is 1. The molecule has 122 valence electrons. The van der Waals surface area contributed by atoms with Gasteiger partial charge in [0.05, 0.1) is 11.4 Å². The summed E-state index contributed by atoms with van der Waals surface area (Å²) in [5.41, 5.74) is 7.72. The molecule has 2 N–H and O–H groups in total. The quantitative estimate of drug-likeness (QED) is 0.870. The fourth-order valence-electron chi connectivity index (χ4n) is 2.25. The highest BCUT2D eigenvalue weighted by Gasteiger charge is 2.24. The predicted molar refractivity (Wildman–Crippen MR) is 84.6 cm³/mol. The first-order chi connectivity index (χ1) is 10.8. The van der Waals surface area contributed by atoms with E-state index in [4.69, 9.17) is 19.9 Å². The Morgan fingerprint density at radius 2 is 2.00 bits per heavy atom. The number of carbonyl (C=O) groups excluding carboxylic acids is 1. The van der Waals surface area contributed by atoms with Gasteiger partial charge < -0.3 is 19.9 Å². The number of fused-ring (bicyclic) bond motifs is 1. The smallest absolute Gasteiger partial charge is 0.435 e. The average molecular weight is 317 g/mol. The van der Waals surface area contributed by atoms with Crippen molar-refractivity contribution >= 4 is 11.8 Å². The van der Waals surface area contributed by atoms with E-state index in [-0.39, 0.29) is 6.79 Å². The number of nitrogen functional groups attached to an aromatic ring is 1. The van der Waals surface area contributed by atoms with Gasteiger partial charge in [0.2, 0.25) is 6.79 Å². The maximum absolute atomic E-state index is 12.2.